The van der Waals surface area contributed by atoms with Gasteiger partial charge in [0.2, 0.25) is 15.2 Å². The van der Waals surface area contributed by atoms with Crippen LogP contribution in [0, 0.1) is 0 Å². The van der Waals surface area contributed by atoms with Crippen molar-refractivity contribution in [3.8, 4) is 0 Å². The molecule has 0 saturated carbocycles. The van der Waals surface area contributed by atoms with Crippen LogP contribution >= 0.6 is 0 Å². The molecule has 0 aromatic rings. The van der Waals surface area contributed by atoms with Crippen molar-refractivity contribution in [3.63, 3.8) is 0 Å². The fourth-order valence-electron chi connectivity index (χ4n) is 1.05. The van der Waals surface area contributed by atoms with Crippen LogP contribution < -0.4 is 0 Å². The number of rotatable bonds is 4. The Morgan fingerprint density at radius 2 is 1.53 bits per heavy atom. The number of methoxy groups -OCH3 is 1. The molecular weight excluding hydrogens is 207 g/mol. The molecule has 0 unspecified atom stereocenters. The Labute approximate surface area is 99.3 Å². The minimum Gasteiger partial charge on any atom is -0.469 e. The summed E-state index contributed by atoms with van der Waals surface area (Å²) in [5.74, 6) is -0.644. The summed E-state index contributed by atoms with van der Waals surface area (Å²) >= 11 is 0.713. The number of carbonyl (C=O) groups is 2. The highest BCUT2D eigenvalue weighted by atomic mass is 27.1. The SMILES string of the molecule is COC(=O)CC(C)=O.C[CH](C)[Al][CH](C)C. The second kappa shape index (κ2) is 10.2. The van der Waals surface area contributed by atoms with E-state index in [9.17, 15) is 9.59 Å². The van der Waals surface area contributed by atoms with Gasteiger partial charge in [-0.3, -0.25) is 9.59 Å². The average Bonchev–Trinajstić information content (AvgIpc) is 2.01. The summed E-state index contributed by atoms with van der Waals surface area (Å²) in [6.07, 6.45) is -0.115. The monoisotopic (exact) mass is 229 g/mol. The standard InChI is InChI=1S/C5H8O3.2C3H7.Al/c1-4(6)3-5(7)8-2;2*1-3-2;/h3H2,1-2H3;2*3H,1-2H3;. The lowest BCUT2D eigenvalue weighted by Crippen LogP contribution is -2.05. The third-order valence-corrected chi connectivity index (χ3v) is 2.93. The van der Waals surface area contributed by atoms with Crippen molar-refractivity contribution in [3.05, 3.63) is 0 Å². The second-order valence-electron chi connectivity index (χ2n) is 4.14. The van der Waals surface area contributed by atoms with Gasteiger partial charge < -0.3 is 4.74 Å². The van der Waals surface area contributed by atoms with Crippen molar-refractivity contribution in [1.29, 1.82) is 0 Å². The number of ether oxygens (including phenoxy) is 1. The van der Waals surface area contributed by atoms with Crippen LogP contribution in [0.15, 0.2) is 0 Å². The third kappa shape index (κ3) is 19.9. The Morgan fingerprint density at radius 1 is 1.13 bits per heavy atom. The van der Waals surface area contributed by atoms with E-state index < -0.39 is 5.97 Å². The Morgan fingerprint density at radius 3 is 1.60 bits per heavy atom. The molecule has 0 atom stereocenters. The molecule has 0 aliphatic heterocycles. The molecule has 0 aromatic carbocycles. The van der Waals surface area contributed by atoms with Gasteiger partial charge in [0.05, 0.1) is 7.11 Å². The molecule has 87 valence electrons. The van der Waals surface area contributed by atoms with Crippen LogP contribution in [0.25, 0.3) is 0 Å². The summed E-state index contributed by atoms with van der Waals surface area (Å²) in [7, 11) is 1.26. The molecule has 0 aromatic heterocycles. The first-order chi connectivity index (χ1) is 6.79. The van der Waals surface area contributed by atoms with Crippen LogP contribution in [0.4, 0.5) is 0 Å². The average molecular weight is 229 g/mol. The first-order valence-corrected chi connectivity index (χ1v) is 6.54. The molecule has 0 bridgehead atoms. The van der Waals surface area contributed by atoms with E-state index in [0.717, 1.165) is 9.56 Å². The highest BCUT2D eigenvalue weighted by Gasteiger charge is 2.01. The number of Topliss-reactive ketones (excluding diaryl/α,β-unsaturated/α-hetero) is 1. The number of ketones is 1. The first-order valence-electron chi connectivity index (χ1n) is 5.20. The van der Waals surface area contributed by atoms with Crippen molar-refractivity contribution in [2.45, 2.75) is 50.6 Å². The van der Waals surface area contributed by atoms with Gasteiger partial charge in [0.25, 0.3) is 0 Å². The van der Waals surface area contributed by atoms with Crippen LogP contribution in [0.1, 0.15) is 41.0 Å². The minimum atomic E-state index is -0.475. The van der Waals surface area contributed by atoms with E-state index in [-0.39, 0.29) is 12.2 Å². The lowest BCUT2D eigenvalue weighted by atomic mass is 10.3. The summed E-state index contributed by atoms with van der Waals surface area (Å²) in [6.45, 7) is 10.5. The van der Waals surface area contributed by atoms with Gasteiger partial charge in [0.1, 0.15) is 12.2 Å². The summed E-state index contributed by atoms with van der Waals surface area (Å²) in [5, 5.41) is 0. The molecule has 0 heterocycles. The van der Waals surface area contributed by atoms with E-state index >= 15 is 0 Å². The number of carbonyl (C=O) groups excluding carboxylic acids is 2. The summed E-state index contributed by atoms with van der Waals surface area (Å²) in [6, 6.07) is 0. The van der Waals surface area contributed by atoms with E-state index in [4.69, 9.17) is 0 Å². The van der Waals surface area contributed by atoms with Crippen molar-refractivity contribution in [2.24, 2.45) is 0 Å². The van der Waals surface area contributed by atoms with Gasteiger partial charge >= 0.3 is 5.97 Å². The Balaban J connectivity index is 0. The number of hydrogen-bond acceptors (Lipinski definition) is 3. The lowest BCUT2D eigenvalue weighted by Gasteiger charge is -2.02. The van der Waals surface area contributed by atoms with Crippen LogP contribution in [0.3, 0.4) is 0 Å². The smallest absolute Gasteiger partial charge is 0.313 e. The lowest BCUT2D eigenvalue weighted by molar-refractivity contribution is -0.142. The molecule has 0 aliphatic rings. The van der Waals surface area contributed by atoms with Gasteiger partial charge in [-0.05, 0) is 6.92 Å². The maximum atomic E-state index is 10.2. The molecule has 0 aliphatic carbocycles. The van der Waals surface area contributed by atoms with Crippen LogP contribution in [0.2, 0.25) is 9.56 Å². The second-order valence-corrected chi connectivity index (χ2v) is 7.19. The van der Waals surface area contributed by atoms with Crippen LogP contribution in [0.5, 0.6) is 0 Å². The normalized spacial score (nSPS) is 9.33. The van der Waals surface area contributed by atoms with Crippen molar-refractivity contribution < 1.29 is 14.3 Å². The van der Waals surface area contributed by atoms with Crippen molar-refractivity contribution in [2.75, 3.05) is 7.11 Å². The zero-order valence-corrected chi connectivity index (χ0v) is 11.8. The molecule has 0 saturated heterocycles. The quantitative estimate of drug-likeness (QED) is 0.422. The molecule has 1 radical (unpaired) electrons. The predicted octanol–water partition coefficient (Wildman–Crippen LogP) is 2.49. The molecular formula is C11H22AlO3. The molecule has 0 N–H and O–H groups in total. The van der Waals surface area contributed by atoms with E-state index in [2.05, 4.69) is 32.4 Å². The fourth-order valence-corrected chi connectivity index (χ4v) is 2.58. The topological polar surface area (TPSA) is 43.4 Å². The summed E-state index contributed by atoms with van der Waals surface area (Å²) in [5.41, 5.74) is 0. The van der Waals surface area contributed by atoms with E-state index in [0.29, 0.717) is 15.2 Å². The largest absolute Gasteiger partial charge is 0.469 e. The molecule has 0 spiro atoms. The van der Waals surface area contributed by atoms with Crippen molar-refractivity contribution in [1.82, 2.24) is 0 Å². The van der Waals surface area contributed by atoms with Gasteiger partial charge in [-0.25, -0.2) is 0 Å². The maximum Gasteiger partial charge on any atom is 0.313 e. The maximum absolute atomic E-state index is 10.2. The van der Waals surface area contributed by atoms with E-state index in [1.165, 1.54) is 14.0 Å². The van der Waals surface area contributed by atoms with E-state index in [1.54, 1.807) is 0 Å². The molecule has 0 amide bonds. The zero-order valence-electron chi connectivity index (χ0n) is 10.7. The molecule has 3 nitrogen and oxygen atoms in total. The Bertz CT molecular complexity index is 182. The Hall–Kier alpha value is -0.328. The molecule has 0 fully saturated rings. The number of hydrogen-bond donors (Lipinski definition) is 0. The van der Waals surface area contributed by atoms with E-state index in [1.807, 2.05) is 0 Å². The van der Waals surface area contributed by atoms with Gasteiger partial charge in [0.15, 0.2) is 0 Å². The van der Waals surface area contributed by atoms with Gasteiger partial charge in [-0.1, -0.05) is 37.3 Å². The fraction of sp³-hybridized carbons (Fsp3) is 0.818. The minimum absolute atomic E-state index is 0.115. The Kier molecular flexibility index (Phi) is 11.6. The van der Waals surface area contributed by atoms with Crippen molar-refractivity contribution >= 4 is 27.0 Å². The third-order valence-electron chi connectivity index (χ3n) is 1.39. The molecule has 4 heteroatoms. The zero-order chi connectivity index (χ0) is 12.4. The number of esters is 1. The van der Waals surface area contributed by atoms with Gasteiger partial charge in [-0.15, -0.1) is 0 Å². The summed E-state index contributed by atoms with van der Waals surface area (Å²) < 4.78 is 6.12. The molecule has 15 heavy (non-hydrogen) atoms. The van der Waals surface area contributed by atoms with Gasteiger partial charge in [-0.2, -0.15) is 0 Å². The van der Waals surface area contributed by atoms with Crippen LogP contribution in [-0.4, -0.2) is 34.1 Å². The predicted molar refractivity (Wildman–Crippen MR) is 63.3 cm³/mol. The first kappa shape index (κ1) is 17.1. The van der Waals surface area contributed by atoms with Gasteiger partial charge in [0, 0.05) is 0 Å². The summed E-state index contributed by atoms with van der Waals surface area (Å²) in [4.78, 5) is 20.3. The highest BCUT2D eigenvalue weighted by molar-refractivity contribution is 6.38. The molecule has 0 rings (SSSR count). The highest BCUT2D eigenvalue weighted by Crippen LogP contribution is 2.07. The van der Waals surface area contributed by atoms with Crippen LogP contribution in [-0.2, 0) is 14.3 Å².